The number of fused-ring (bicyclic) bond motifs is 1. The molecule has 2 saturated heterocycles. The Morgan fingerprint density at radius 1 is 1.44 bits per heavy atom. The zero-order chi connectivity index (χ0) is 17.8. The van der Waals surface area contributed by atoms with Gasteiger partial charge in [-0.25, -0.2) is 0 Å². The van der Waals surface area contributed by atoms with E-state index < -0.39 is 0 Å². The van der Waals surface area contributed by atoms with E-state index in [1.54, 1.807) is 17.0 Å². The van der Waals surface area contributed by atoms with Crippen LogP contribution in [0.2, 0.25) is 0 Å². The van der Waals surface area contributed by atoms with Crippen molar-refractivity contribution >= 4 is 17.9 Å². The molecule has 3 rings (SSSR count). The number of carbonyl (C=O) groups excluding carboxylic acids is 2. The summed E-state index contributed by atoms with van der Waals surface area (Å²) in [6, 6.07) is 0.279. The van der Waals surface area contributed by atoms with Crippen molar-refractivity contribution in [1.29, 1.82) is 0 Å². The minimum Gasteiger partial charge on any atom is -0.339 e. The summed E-state index contributed by atoms with van der Waals surface area (Å²) in [4.78, 5) is 28.7. The fourth-order valence-electron chi connectivity index (χ4n) is 3.87. The molecule has 0 radical (unpaired) electrons. The lowest BCUT2D eigenvalue weighted by Crippen LogP contribution is -2.57. The molecule has 2 atom stereocenters. The van der Waals surface area contributed by atoms with E-state index in [4.69, 9.17) is 0 Å². The monoisotopic (exact) mass is 345 g/mol. The molecule has 2 aliphatic heterocycles. The van der Waals surface area contributed by atoms with Crippen molar-refractivity contribution in [3.63, 3.8) is 0 Å². The molecule has 0 spiro atoms. The van der Waals surface area contributed by atoms with Crippen molar-refractivity contribution < 1.29 is 9.59 Å². The van der Waals surface area contributed by atoms with Crippen molar-refractivity contribution in [3.8, 4) is 0 Å². The summed E-state index contributed by atoms with van der Waals surface area (Å²) in [7, 11) is 3.76. The van der Waals surface area contributed by atoms with Gasteiger partial charge < -0.3 is 15.1 Å². The van der Waals surface area contributed by atoms with E-state index in [9.17, 15) is 9.59 Å². The number of hydrogen-bond acceptors (Lipinski definition) is 4. The number of aryl methyl sites for hydroxylation is 1. The van der Waals surface area contributed by atoms with E-state index in [0.29, 0.717) is 18.9 Å². The first-order valence-electron chi connectivity index (χ1n) is 8.98. The molecule has 25 heavy (non-hydrogen) atoms. The second-order valence-corrected chi connectivity index (χ2v) is 6.91. The van der Waals surface area contributed by atoms with Gasteiger partial charge in [-0.05, 0) is 31.9 Å². The minimum atomic E-state index is 0.0426. The predicted octanol–water partition coefficient (Wildman–Crippen LogP) is 0.492. The Kier molecular flexibility index (Phi) is 5.53. The van der Waals surface area contributed by atoms with E-state index in [1.807, 2.05) is 36.2 Å². The average Bonchev–Trinajstić information content (AvgIpc) is 3.04. The van der Waals surface area contributed by atoms with Crippen molar-refractivity contribution in [2.45, 2.75) is 25.3 Å². The zero-order valence-corrected chi connectivity index (χ0v) is 15.0. The highest BCUT2D eigenvalue weighted by Gasteiger charge is 2.39. The van der Waals surface area contributed by atoms with Crippen LogP contribution >= 0.6 is 0 Å². The molecule has 1 aromatic rings. The molecular formula is C18H27N5O2. The summed E-state index contributed by atoms with van der Waals surface area (Å²) >= 11 is 0. The number of likely N-dealkylation sites (tertiary alicyclic amines) is 2. The lowest BCUT2D eigenvalue weighted by atomic mass is 9.83. The van der Waals surface area contributed by atoms with Crippen LogP contribution in [0.5, 0.6) is 0 Å². The van der Waals surface area contributed by atoms with Crippen molar-refractivity contribution in [2.24, 2.45) is 13.0 Å². The van der Waals surface area contributed by atoms with Crippen molar-refractivity contribution in [2.75, 3.05) is 33.2 Å². The normalized spacial score (nSPS) is 24.0. The Morgan fingerprint density at radius 3 is 3.00 bits per heavy atom. The largest absolute Gasteiger partial charge is 0.339 e. The van der Waals surface area contributed by atoms with Gasteiger partial charge in [-0.2, -0.15) is 5.10 Å². The van der Waals surface area contributed by atoms with Gasteiger partial charge in [0.2, 0.25) is 11.8 Å². The maximum absolute atomic E-state index is 12.5. The van der Waals surface area contributed by atoms with Gasteiger partial charge in [0.1, 0.15) is 0 Å². The number of nitrogens with zero attached hydrogens (tertiary/aromatic N) is 4. The fraction of sp³-hybridized carbons (Fsp3) is 0.611. The number of amides is 2. The third-order valence-corrected chi connectivity index (χ3v) is 5.20. The molecule has 2 amide bonds. The highest BCUT2D eigenvalue weighted by atomic mass is 16.2. The Morgan fingerprint density at radius 2 is 2.28 bits per heavy atom. The first kappa shape index (κ1) is 17.7. The summed E-state index contributed by atoms with van der Waals surface area (Å²) in [6.07, 6.45) is 9.40. The third-order valence-electron chi connectivity index (χ3n) is 5.20. The quantitative estimate of drug-likeness (QED) is 0.789. The van der Waals surface area contributed by atoms with Crippen molar-refractivity contribution in [1.82, 2.24) is 24.9 Å². The van der Waals surface area contributed by atoms with Crippen LogP contribution in [0.1, 0.15) is 24.8 Å². The molecule has 1 aromatic heterocycles. The van der Waals surface area contributed by atoms with Gasteiger partial charge in [0, 0.05) is 63.5 Å². The van der Waals surface area contributed by atoms with Crippen LogP contribution in [-0.2, 0) is 16.6 Å². The number of hydrogen-bond donors (Lipinski definition) is 1. The standard InChI is InChI=1S/C18H27N5O2/c1-19-8-10-23-16-7-9-22(13-15(16)4-6-18(23)25)17(24)5-3-14-11-20-21(2)12-14/h3,5,11-12,15-16,19H,4,6-10,13H2,1-2H3/t15-,16+/m0/s1. The Labute approximate surface area is 148 Å². The molecule has 0 aliphatic carbocycles. The van der Waals surface area contributed by atoms with Crippen LogP contribution in [0.3, 0.4) is 0 Å². The van der Waals surface area contributed by atoms with Crippen LogP contribution < -0.4 is 5.32 Å². The summed E-state index contributed by atoms with van der Waals surface area (Å²) in [5.74, 6) is 0.688. The number of nitrogens with one attached hydrogen (secondary N) is 1. The van der Waals surface area contributed by atoms with Crippen LogP contribution in [0.15, 0.2) is 18.5 Å². The number of aromatic nitrogens is 2. The number of likely N-dealkylation sites (N-methyl/N-ethyl adjacent to an activating group) is 1. The molecule has 0 aromatic carbocycles. The molecule has 2 fully saturated rings. The van der Waals surface area contributed by atoms with E-state index in [2.05, 4.69) is 10.4 Å². The molecule has 0 saturated carbocycles. The summed E-state index contributed by atoms with van der Waals surface area (Å²) in [5.41, 5.74) is 0.923. The van der Waals surface area contributed by atoms with Crippen LogP contribution in [0.25, 0.3) is 6.08 Å². The molecule has 136 valence electrons. The Hall–Kier alpha value is -2.15. The van der Waals surface area contributed by atoms with Gasteiger partial charge in [-0.1, -0.05) is 0 Å². The molecule has 7 heteroatoms. The lowest BCUT2D eigenvalue weighted by Gasteiger charge is -2.47. The third kappa shape index (κ3) is 4.10. The first-order valence-corrected chi connectivity index (χ1v) is 8.98. The number of rotatable bonds is 5. The summed E-state index contributed by atoms with van der Waals surface area (Å²) in [6.45, 7) is 3.02. The second-order valence-electron chi connectivity index (χ2n) is 6.91. The molecule has 0 bridgehead atoms. The topological polar surface area (TPSA) is 70.5 Å². The SMILES string of the molecule is CNCCN1C(=O)CC[C@H]2CN(C(=O)C=Cc3cnn(C)c3)CC[C@H]21. The molecule has 3 heterocycles. The fourth-order valence-corrected chi connectivity index (χ4v) is 3.87. The highest BCUT2D eigenvalue weighted by Crippen LogP contribution is 2.31. The lowest BCUT2D eigenvalue weighted by molar-refractivity contribution is -0.142. The zero-order valence-electron chi connectivity index (χ0n) is 15.0. The minimum absolute atomic E-state index is 0.0426. The van der Waals surface area contributed by atoms with Crippen LogP contribution in [-0.4, -0.2) is 70.7 Å². The molecule has 2 aliphatic rings. The van der Waals surface area contributed by atoms with Crippen molar-refractivity contribution in [3.05, 3.63) is 24.0 Å². The summed E-state index contributed by atoms with van der Waals surface area (Å²) in [5, 5.41) is 7.22. The Balaban J connectivity index is 1.60. The van der Waals surface area contributed by atoms with Gasteiger partial charge in [0.05, 0.1) is 6.20 Å². The van der Waals surface area contributed by atoms with E-state index in [0.717, 1.165) is 38.0 Å². The van der Waals surface area contributed by atoms with Crippen LogP contribution in [0.4, 0.5) is 0 Å². The predicted molar refractivity (Wildman–Crippen MR) is 95.6 cm³/mol. The van der Waals surface area contributed by atoms with E-state index >= 15 is 0 Å². The maximum atomic E-state index is 12.5. The number of piperidine rings is 2. The molecule has 1 N–H and O–H groups in total. The highest BCUT2D eigenvalue weighted by molar-refractivity contribution is 5.91. The van der Waals surface area contributed by atoms with Gasteiger partial charge in [-0.15, -0.1) is 0 Å². The van der Waals surface area contributed by atoms with Crippen LogP contribution in [0, 0.1) is 5.92 Å². The average molecular weight is 345 g/mol. The van der Waals surface area contributed by atoms with E-state index in [-0.39, 0.29) is 17.9 Å². The molecule has 0 unspecified atom stereocenters. The Bertz CT molecular complexity index is 654. The second kappa shape index (κ2) is 7.82. The maximum Gasteiger partial charge on any atom is 0.246 e. The first-order chi connectivity index (χ1) is 12.1. The number of carbonyl (C=O) groups is 2. The van der Waals surface area contributed by atoms with Gasteiger partial charge in [0.15, 0.2) is 0 Å². The summed E-state index contributed by atoms with van der Waals surface area (Å²) < 4.78 is 1.72. The van der Waals surface area contributed by atoms with Gasteiger partial charge in [-0.3, -0.25) is 14.3 Å². The molecule has 7 nitrogen and oxygen atoms in total. The van der Waals surface area contributed by atoms with E-state index in [1.165, 1.54) is 0 Å². The van der Waals surface area contributed by atoms with Gasteiger partial charge >= 0.3 is 0 Å². The smallest absolute Gasteiger partial charge is 0.246 e. The molecular weight excluding hydrogens is 318 g/mol. The van der Waals surface area contributed by atoms with Gasteiger partial charge in [0.25, 0.3) is 0 Å².